The lowest BCUT2D eigenvalue weighted by Gasteiger charge is -2.28. The number of rotatable bonds is 11. The van der Waals surface area contributed by atoms with E-state index in [1.54, 1.807) is 7.11 Å². The quantitative estimate of drug-likeness (QED) is 0.491. The van der Waals surface area contributed by atoms with Gasteiger partial charge in [-0.25, -0.2) is 4.79 Å². The summed E-state index contributed by atoms with van der Waals surface area (Å²) in [5.41, 5.74) is 2.77. The van der Waals surface area contributed by atoms with Gasteiger partial charge in [-0.3, -0.25) is 4.90 Å². The molecule has 0 fully saturated rings. The van der Waals surface area contributed by atoms with Crippen molar-refractivity contribution >= 4 is 17.4 Å². The SMILES string of the molecule is CCN1CCc2c(sc(-n3cccc3)c2[C@@H](CCC(C)C)NC(=O)NCCCOC)C1. The van der Waals surface area contributed by atoms with Crippen LogP contribution in [-0.4, -0.2) is 48.8 Å². The van der Waals surface area contributed by atoms with Crippen molar-refractivity contribution in [1.82, 2.24) is 20.1 Å². The average molecular weight is 447 g/mol. The van der Waals surface area contributed by atoms with Gasteiger partial charge in [0.15, 0.2) is 0 Å². The molecule has 0 aliphatic carbocycles. The third kappa shape index (κ3) is 6.34. The molecule has 2 aromatic rings. The molecule has 0 radical (unpaired) electrons. The number of nitrogens with one attached hydrogen (secondary N) is 2. The molecule has 0 aromatic carbocycles. The van der Waals surface area contributed by atoms with E-state index in [1.165, 1.54) is 21.0 Å². The minimum absolute atomic E-state index is 0.00963. The van der Waals surface area contributed by atoms with Gasteiger partial charge in [-0.05, 0) is 55.8 Å². The van der Waals surface area contributed by atoms with E-state index in [1.807, 2.05) is 11.3 Å². The van der Waals surface area contributed by atoms with E-state index in [0.717, 1.165) is 45.3 Å². The highest BCUT2D eigenvalue weighted by Gasteiger charge is 2.29. The van der Waals surface area contributed by atoms with Gasteiger partial charge < -0.3 is 19.9 Å². The minimum atomic E-state index is -0.0886. The van der Waals surface area contributed by atoms with Gasteiger partial charge in [-0.2, -0.15) is 0 Å². The van der Waals surface area contributed by atoms with Gasteiger partial charge in [0.05, 0.1) is 6.04 Å². The van der Waals surface area contributed by atoms with Crippen molar-refractivity contribution in [3.8, 4) is 5.00 Å². The van der Waals surface area contributed by atoms with Crippen LogP contribution in [-0.2, 0) is 17.7 Å². The number of methoxy groups -OCH3 is 1. The highest BCUT2D eigenvalue weighted by Crippen LogP contribution is 2.40. The molecule has 3 rings (SSSR count). The number of ether oxygens (including phenoxy) is 1. The highest BCUT2D eigenvalue weighted by molar-refractivity contribution is 7.15. The molecule has 2 aromatic heterocycles. The van der Waals surface area contributed by atoms with Gasteiger partial charge >= 0.3 is 6.03 Å². The third-order valence-electron chi connectivity index (χ3n) is 5.94. The van der Waals surface area contributed by atoms with Crippen LogP contribution >= 0.6 is 11.3 Å². The molecule has 2 N–H and O–H groups in total. The number of urea groups is 1. The van der Waals surface area contributed by atoms with Crippen LogP contribution < -0.4 is 10.6 Å². The maximum absolute atomic E-state index is 12.7. The molecule has 1 aliphatic heterocycles. The van der Waals surface area contributed by atoms with E-state index < -0.39 is 0 Å². The monoisotopic (exact) mass is 446 g/mol. The van der Waals surface area contributed by atoms with Crippen LogP contribution in [0.1, 0.15) is 62.1 Å². The minimum Gasteiger partial charge on any atom is -0.385 e. The predicted molar refractivity (Wildman–Crippen MR) is 128 cm³/mol. The molecular formula is C24H38N4O2S. The average Bonchev–Trinajstić information content (AvgIpc) is 3.41. The predicted octanol–water partition coefficient (Wildman–Crippen LogP) is 4.73. The lowest BCUT2D eigenvalue weighted by molar-refractivity contribution is 0.193. The first-order chi connectivity index (χ1) is 15.0. The number of carbonyl (C=O) groups is 1. The number of aromatic nitrogens is 1. The molecule has 2 amide bonds. The Morgan fingerprint density at radius 1 is 1.26 bits per heavy atom. The first-order valence-corrected chi connectivity index (χ1v) is 12.4. The Hall–Kier alpha value is -1.83. The Morgan fingerprint density at radius 2 is 2.03 bits per heavy atom. The Balaban J connectivity index is 1.89. The van der Waals surface area contributed by atoms with E-state index >= 15 is 0 Å². The van der Waals surface area contributed by atoms with Crippen molar-refractivity contribution in [3.05, 3.63) is 40.5 Å². The largest absolute Gasteiger partial charge is 0.385 e. The van der Waals surface area contributed by atoms with Gasteiger partial charge in [-0.15, -0.1) is 11.3 Å². The van der Waals surface area contributed by atoms with Gasteiger partial charge in [-0.1, -0.05) is 20.8 Å². The Labute approximate surface area is 191 Å². The molecule has 172 valence electrons. The van der Waals surface area contributed by atoms with Crippen LogP contribution in [0.2, 0.25) is 0 Å². The molecule has 0 unspecified atom stereocenters. The zero-order valence-electron chi connectivity index (χ0n) is 19.4. The smallest absolute Gasteiger partial charge is 0.315 e. The van der Waals surface area contributed by atoms with Crippen molar-refractivity contribution in [2.24, 2.45) is 5.92 Å². The van der Waals surface area contributed by atoms with Gasteiger partial charge in [0.25, 0.3) is 0 Å². The lowest BCUT2D eigenvalue weighted by Crippen LogP contribution is -2.39. The number of carbonyl (C=O) groups excluding carboxylic acids is 1. The summed E-state index contributed by atoms with van der Waals surface area (Å²) in [4.78, 5) is 16.7. The van der Waals surface area contributed by atoms with Crippen LogP contribution in [0.3, 0.4) is 0 Å². The number of amides is 2. The fourth-order valence-electron chi connectivity index (χ4n) is 4.17. The zero-order valence-corrected chi connectivity index (χ0v) is 20.3. The van der Waals surface area contributed by atoms with Crippen molar-refractivity contribution in [2.75, 3.05) is 33.4 Å². The number of nitrogens with zero attached hydrogens (tertiary/aromatic N) is 2. The highest BCUT2D eigenvalue weighted by atomic mass is 32.1. The molecular weight excluding hydrogens is 408 g/mol. The topological polar surface area (TPSA) is 58.5 Å². The molecule has 0 saturated carbocycles. The van der Waals surface area contributed by atoms with E-state index in [9.17, 15) is 4.79 Å². The lowest BCUT2D eigenvalue weighted by atomic mass is 9.92. The van der Waals surface area contributed by atoms with Crippen molar-refractivity contribution in [1.29, 1.82) is 0 Å². The molecule has 7 heteroatoms. The van der Waals surface area contributed by atoms with E-state index in [2.05, 4.69) is 65.4 Å². The summed E-state index contributed by atoms with van der Waals surface area (Å²) in [6.45, 7) is 11.2. The summed E-state index contributed by atoms with van der Waals surface area (Å²) in [6, 6.07) is 4.06. The second-order valence-corrected chi connectivity index (χ2v) is 9.79. The standard InChI is InChI=1S/C24H38N4O2S/c1-5-27-15-11-19-21(17-27)31-23(28-13-6-7-14-28)22(19)20(10-9-18(2)3)26-24(29)25-12-8-16-30-4/h6-7,13-14,18,20H,5,8-12,15-17H2,1-4H3,(H2,25,26,29)/t20-/m1/s1. The maximum atomic E-state index is 12.7. The molecule has 1 aliphatic rings. The number of likely N-dealkylation sites (N-methyl/N-ethyl adjacent to an activating group) is 1. The van der Waals surface area contributed by atoms with Gasteiger partial charge in [0.1, 0.15) is 5.00 Å². The first kappa shape index (κ1) is 23.8. The van der Waals surface area contributed by atoms with Crippen LogP contribution in [0.4, 0.5) is 4.79 Å². The van der Waals surface area contributed by atoms with E-state index in [0.29, 0.717) is 19.1 Å². The summed E-state index contributed by atoms with van der Waals surface area (Å²) in [7, 11) is 1.68. The summed E-state index contributed by atoms with van der Waals surface area (Å²) < 4.78 is 7.31. The molecule has 3 heterocycles. The first-order valence-electron chi connectivity index (χ1n) is 11.6. The molecule has 6 nitrogen and oxygen atoms in total. The third-order valence-corrected chi connectivity index (χ3v) is 7.19. The van der Waals surface area contributed by atoms with E-state index in [4.69, 9.17) is 4.74 Å². The van der Waals surface area contributed by atoms with Gasteiger partial charge in [0.2, 0.25) is 0 Å². The summed E-state index contributed by atoms with van der Waals surface area (Å²) in [6.07, 6.45) is 8.11. The zero-order chi connectivity index (χ0) is 22.2. The normalized spacial score (nSPS) is 15.1. The van der Waals surface area contributed by atoms with Crippen molar-refractivity contribution < 1.29 is 9.53 Å². The fraction of sp³-hybridized carbons (Fsp3) is 0.625. The number of fused-ring (bicyclic) bond motifs is 1. The molecule has 31 heavy (non-hydrogen) atoms. The second kappa shape index (κ2) is 11.7. The summed E-state index contributed by atoms with van der Waals surface area (Å²) in [5.74, 6) is 0.592. The Bertz CT molecular complexity index is 816. The number of hydrogen-bond donors (Lipinski definition) is 2. The van der Waals surface area contributed by atoms with Crippen LogP contribution in [0.15, 0.2) is 24.5 Å². The fourth-order valence-corrected chi connectivity index (χ4v) is 5.59. The Morgan fingerprint density at radius 3 is 2.71 bits per heavy atom. The summed E-state index contributed by atoms with van der Waals surface area (Å²) >= 11 is 1.89. The molecule has 0 bridgehead atoms. The summed E-state index contributed by atoms with van der Waals surface area (Å²) in [5, 5.41) is 7.58. The Kier molecular flexibility index (Phi) is 8.99. The maximum Gasteiger partial charge on any atom is 0.315 e. The van der Waals surface area contributed by atoms with Crippen LogP contribution in [0.25, 0.3) is 5.00 Å². The molecule has 0 spiro atoms. The van der Waals surface area contributed by atoms with Crippen LogP contribution in [0.5, 0.6) is 0 Å². The number of hydrogen-bond acceptors (Lipinski definition) is 4. The molecule has 0 saturated heterocycles. The number of thiophene rings is 1. The van der Waals surface area contributed by atoms with Gasteiger partial charge in [0, 0.05) is 56.2 Å². The van der Waals surface area contributed by atoms with E-state index in [-0.39, 0.29) is 12.1 Å². The second-order valence-electron chi connectivity index (χ2n) is 8.70. The van der Waals surface area contributed by atoms with Crippen LogP contribution in [0, 0.1) is 5.92 Å². The van der Waals surface area contributed by atoms with Crippen molar-refractivity contribution in [3.63, 3.8) is 0 Å². The van der Waals surface area contributed by atoms with Crippen molar-refractivity contribution in [2.45, 2.75) is 59.0 Å². The molecule has 1 atom stereocenters.